The number of hydrogen-bond acceptors (Lipinski definition) is 16. The van der Waals surface area contributed by atoms with E-state index in [-0.39, 0.29) is 26.2 Å². The molecular weight excluding hydrogens is 716 g/mol. The first-order valence-electron chi connectivity index (χ1n) is 16.6. The molecule has 6 N–H and O–H groups in total. The lowest BCUT2D eigenvalue weighted by atomic mass is 9.93. The van der Waals surface area contributed by atoms with Crippen LogP contribution in [0.2, 0.25) is 5.02 Å². The van der Waals surface area contributed by atoms with E-state index in [2.05, 4.69) is 15.6 Å². The number of carboxylic acid groups (broad SMARTS) is 1. The summed E-state index contributed by atoms with van der Waals surface area (Å²) in [5.74, 6) is -1.93. The zero-order chi connectivity index (χ0) is 37.6. The fourth-order valence-corrected chi connectivity index (χ4v) is 5.74. The molecule has 20 heteroatoms. The van der Waals surface area contributed by atoms with Crippen LogP contribution in [0, 0.1) is 0 Å². The number of aliphatic hydroxyl groups is 4. The maximum atomic E-state index is 12.7. The van der Waals surface area contributed by atoms with Crippen molar-refractivity contribution in [1.82, 2.24) is 20.3 Å². The Balaban J connectivity index is 1.07. The van der Waals surface area contributed by atoms with Gasteiger partial charge in [0.25, 0.3) is 0 Å². The molecule has 0 saturated carbocycles. The summed E-state index contributed by atoms with van der Waals surface area (Å²) in [4.78, 5) is 24.4. The number of hydrogen-bond donors (Lipinski definition) is 6. The molecular formula is C32H47ClN4O15. The van der Waals surface area contributed by atoms with Crippen molar-refractivity contribution < 1.29 is 73.0 Å². The first kappa shape index (κ1) is 41.9. The normalized spacial score (nSPS) is 29.2. The van der Waals surface area contributed by atoms with Crippen LogP contribution < -0.4 is 5.32 Å². The smallest absolute Gasteiger partial charge is 0.335 e. The predicted molar refractivity (Wildman–Crippen MR) is 177 cm³/mol. The molecule has 19 nitrogen and oxygen atoms in total. The minimum absolute atomic E-state index is 0.174. The standard InChI is InChI=1S/C32H47ClN4O15/c1-45-28-21(51-22(24(39)25(28)40)17-50-29-26(41)27(42)32(46-2)52-30(29)31(43)44)15-23(38)34-7-9-47-11-13-49-14-12-48-10-8-37-16-20(35-36-37)18-3-5-19(33)6-4-18/h3-6,16,21-22,24-30,32,39-42H,7-15,17H2,1-2H3,(H,34,38)(H,43,44). The highest BCUT2D eigenvalue weighted by Gasteiger charge is 2.50. The second-order valence-electron chi connectivity index (χ2n) is 11.9. The van der Waals surface area contributed by atoms with Crippen LogP contribution in [0.1, 0.15) is 6.42 Å². The van der Waals surface area contributed by atoms with E-state index in [1.165, 1.54) is 14.2 Å². The second-order valence-corrected chi connectivity index (χ2v) is 12.4. The number of carboxylic acids is 1. The van der Waals surface area contributed by atoms with Gasteiger partial charge in [0.15, 0.2) is 12.4 Å². The number of rotatable bonds is 21. The van der Waals surface area contributed by atoms with Gasteiger partial charge in [-0.2, -0.15) is 0 Å². The van der Waals surface area contributed by atoms with Gasteiger partial charge in [-0.05, 0) is 12.1 Å². The van der Waals surface area contributed by atoms with Crippen molar-refractivity contribution in [2.24, 2.45) is 0 Å². The van der Waals surface area contributed by atoms with Gasteiger partial charge in [0.05, 0.1) is 71.5 Å². The number of methoxy groups -OCH3 is 2. The Morgan fingerprint density at radius 3 is 2.15 bits per heavy atom. The number of benzene rings is 1. The summed E-state index contributed by atoms with van der Waals surface area (Å²) in [6.45, 7) is 2.18. The summed E-state index contributed by atoms with van der Waals surface area (Å²) in [7, 11) is 2.45. The molecule has 1 aromatic heterocycles. The molecule has 2 aromatic rings. The Morgan fingerprint density at radius 2 is 1.50 bits per heavy atom. The van der Waals surface area contributed by atoms with Crippen molar-refractivity contribution in [1.29, 1.82) is 0 Å². The Kier molecular flexibility index (Phi) is 17.0. The number of aliphatic hydroxyl groups excluding tert-OH is 4. The molecule has 292 valence electrons. The van der Waals surface area contributed by atoms with Crippen molar-refractivity contribution in [3.05, 3.63) is 35.5 Å². The average Bonchev–Trinajstić information content (AvgIpc) is 3.60. The van der Waals surface area contributed by atoms with E-state index in [0.29, 0.717) is 38.0 Å². The zero-order valence-corrected chi connectivity index (χ0v) is 29.5. The Hall–Kier alpha value is -2.89. The van der Waals surface area contributed by atoms with Crippen LogP contribution in [0.4, 0.5) is 0 Å². The molecule has 2 saturated heterocycles. The number of aliphatic carboxylic acids is 1. The Morgan fingerprint density at radius 1 is 0.846 bits per heavy atom. The number of amides is 1. The van der Waals surface area contributed by atoms with Crippen molar-refractivity contribution in [3.8, 4) is 11.3 Å². The quantitative estimate of drug-likeness (QED) is 0.0769. The molecule has 0 bridgehead atoms. The van der Waals surface area contributed by atoms with Gasteiger partial charge in [0, 0.05) is 31.4 Å². The highest BCUT2D eigenvalue weighted by Crippen LogP contribution is 2.29. The van der Waals surface area contributed by atoms with Crippen molar-refractivity contribution in [3.63, 3.8) is 0 Å². The summed E-state index contributed by atoms with van der Waals surface area (Å²) >= 11 is 5.93. The molecule has 2 aliphatic heterocycles. The van der Waals surface area contributed by atoms with Gasteiger partial charge in [-0.15, -0.1) is 5.10 Å². The topological polar surface area (TPSA) is 252 Å². The number of ether oxygens (including phenoxy) is 8. The molecule has 0 aliphatic carbocycles. The van der Waals surface area contributed by atoms with Crippen LogP contribution in [0.3, 0.4) is 0 Å². The third-order valence-corrected chi connectivity index (χ3v) is 8.62. The second kappa shape index (κ2) is 21.1. The molecule has 0 spiro atoms. The molecule has 10 atom stereocenters. The third-order valence-electron chi connectivity index (χ3n) is 8.37. The largest absolute Gasteiger partial charge is 0.479 e. The van der Waals surface area contributed by atoms with Gasteiger partial charge in [0.2, 0.25) is 5.91 Å². The van der Waals surface area contributed by atoms with Crippen LogP contribution in [0.5, 0.6) is 0 Å². The number of carbonyl (C=O) groups is 2. The van der Waals surface area contributed by atoms with Crippen molar-refractivity contribution in [2.45, 2.75) is 74.2 Å². The van der Waals surface area contributed by atoms with Crippen LogP contribution in [-0.4, -0.2) is 181 Å². The molecule has 1 amide bonds. The van der Waals surface area contributed by atoms with Crippen LogP contribution in [0.15, 0.2) is 30.5 Å². The number of aromatic nitrogens is 3. The minimum atomic E-state index is -1.72. The maximum Gasteiger partial charge on any atom is 0.335 e. The minimum Gasteiger partial charge on any atom is -0.479 e. The molecule has 1 aromatic carbocycles. The molecule has 0 radical (unpaired) electrons. The van der Waals surface area contributed by atoms with E-state index in [4.69, 9.17) is 49.5 Å². The van der Waals surface area contributed by atoms with Gasteiger partial charge in [-0.1, -0.05) is 28.9 Å². The fourth-order valence-electron chi connectivity index (χ4n) is 5.61. The van der Waals surface area contributed by atoms with Crippen molar-refractivity contribution in [2.75, 3.05) is 67.0 Å². The highest BCUT2D eigenvalue weighted by molar-refractivity contribution is 6.30. The first-order valence-corrected chi connectivity index (χ1v) is 17.0. The lowest BCUT2D eigenvalue weighted by Crippen LogP contribution is -2.63. The van der Waals surface area contributed by atoms with E-state index >= 15 is 0 Å². The highest BCUT2D eigenvalue weighted by atomic mass is 35.5. The molecule has 10 unspecified atom stereocenters. The fraction of sp³-hybridized carbons (Fsp3) is 0.688. The SMILES string of the molecule is COC1OC(C(=O)O)C(OCC2OC(CC(=O)NCCOCCOCCOCCn3cc(-c4ccc(Cl)cc4)nn3)C(OC)C(O)C2O)C(O)C1O. The first-order chi connectivity index (χ1) is 25.0. The summed E-state index contributed by atoms with van der Waals surface area (Å²) in [5.41, 5.74) is 1.66. The van der Waals surface area contributed by atoms with Crippen LogP contribution in [-0.2, 0) is 54.0 Å². The number of halogens is 1. The van der Waals surface area contributed by atoms with Crippen LogP contribution >= 0.6 is 11.6 Å². The van der Waals surface area contributed by atoms with E-state index in [1.807, 2.05) is 18.3 Å². The van der Waals surface area contributed by atoms with Crippen molar-refractivity contribution >= 4 is 23.5 Å². The predicted octanol–water partition coefficient (Wildman–Crippen LogP) is -1.78. The molecule has 3 heterocycles. The van der Waals surface area contributed by atoms with Gasteiger partial charge < -0.3 is 68.7 Å². The lowest BCUT2D eigenvalue weighted by molar-refractivity contribution is -0.302. The summed E-state index contributed by atoms with van der Waals surface area (Å²) in [6.07, 6.45) is -12.9. The number of carbonyl (C=O) groups excluding carboxylic acids is 1. The summed E-state index contributed by atoms with van der Waals surface area (Å²) in [6, 6.07) is 7.34. The van der Waals surface area contributed by atoms with Gasteiger partial charge in [-0.3, -0.25) is 4.79 Å². The monoisotopic (exact) mass is 762 g/mol. The molecule has 2 fully saturated rings. The third kappa shape index (κ3) is 11.8. The maximum absolute atomic E-state index is 12.7. The van der Waals surface area contributed by atoms with Gasteiger partial charge >= 0.3 is 5.97 Å². The van der Waals surface area contributed by atoms with Gasteiger partial charge in [-0.25, -0.2) is 9.48 Å². The number of nitrogens with one attached hydrogen (secondary N) is 1. The van der Waals surface area contributed by atoms with E-state index in [0.717, 1.165) is 11.3 Å². The molecule has 52 heavy (non-hydrogen) atoms. The summed E-state index contributed by atoms with van der Waals surface area (Å²) < 4.78 is 45.0. The molecule has 2 aliphatic rings. The lowest BCUT2D eigenvalue weighted by Gasteiger charge is -2.44. The van der Waals surface area contributed by atoms with Gasteiger partial charge in [0.1, 0.15) is 48.4 Å². The van der Waals surface area contributed by atoms with Crippen LogP contribution in [0.25, 0.3) is 11.3 Å². The Bertz CT molecular complexity index is 1370. The Labute approximate surface area is 304 Å². The zero-order valence-electron chi connectivity index (χ0n) is 28.8. The average molecular weight is 763 g/mol. The molecule has 4 rings (SSSR count). The van der Waals surface area contributed by atoms with E-state index in [9.17, 15) is 35.1 Å². The van der Waals surface area contributed by atoms with E-state index in [1.54, 1.807) is 16.8 Å². The van der Waals surface area contributed by atoms with E-state index < -0.39 is 79.7 Å². The number of nitrogens with zero attached hydrogens (tertiary/aromatic N) is 3. The summed E-state index contributed by atoms with van der Waals surface area (Å²) in [5, 5.41) is 63.1.